The zero-order valence-electron chi connectivity index (χ0n) is 16.8. The van der Waals surface area contributed by atoms with Crippen molar-refractivity contribution in [2.24, 2.45) is 5.73 Å². The smallest absolute Gasteiger partial charge is 0.251 e. The molecule has 0 saturated heterocycles. The number of carbonyl (C=O) groups excluding carboxylic acids is 3. The Bertz CT molecular complexity index is 1070. The summed E-state index contributed by atoms with van der Waals surface area (Å²) in [5.74, 6) is -1.18. The fourth-order valence-electron chi connectivity index (χ4n) is 2.97. The van der Waals surface area contributed by atoms with Crippen LogP contribution >= 0.6 is 0 Å². The van der Waals surface area contributed by atoms with E-state index in [9.17, 15) is 14.4 Å². The van der Waals surface area contributed by atoms with Crippen LogP contribution in [0.3, 0.4) is 0 Å². The highest BCUT2D eigenvalue weighted by Gasteiger charge is 2.09. The van der Waals surface area contributed by atoms with Gasteiger partial charge in [-0.1, -0.05) is 12.1 Å². The van der Waals surface area contributed by atoms with Crippen LogP contribution in [-0.2, 0) is 11.3 Å². The predicted molar refractivity (Wildman–Crippen MR) is 112 cm³/mol. The summed E-state index contributed by atoms with van der Waals surface area (Å²) >= 11 is 0. The number of hydrogen-bond donors (Lipinski definition) is 3. The second-order valence-electron chi connectivity index (χ2n) is 6.91. The van der Waals surface area contributed by atoms with Crippen molar-refractivity contribution in [2.75, 3.05) is 6.54 Å². The SMILES string of the molecule is Cc1cc(C)n(-c2ccc(C(=O)NCc3ccc(C(=O)NCC(N)=O)cc3)cc2)n1. The van der Waals surface area contributed by atoms with Crippen molar-refractivity contribution in [3.05, 3.63) is 82.7 Å². The average molecular weight is 405 g/mol. The summed E-state index contributed by atoms with van der Waals surface area (Å²) < 4.78 is 1.83. The number of primary amides is 1. The summed E-state index contributed by atoms with van der Waals surface area (Å²) in [5.41, 5.74) is 9.65. The molecule has 0 unspecified atom stereocenters. The number of hydrogen-bond acceptors (Lipinski definition) is 4. The molecule has 3 amide bonds. The minimum atomic E-state index is -0.606. The third-order valence-corrected chi connectivity index (χ3v) is 4.48. The van der Waals surface area contributed by atoms with Gasteiger partial charge in [0.2, 0.25) is 5.91 Å². The number of nitrogens with one attached hydrogen (secondary N) is 2. The molecule has 0 spiro atoms. The topological polar surface area (TPSA) is 119 Å². The van der Waals surface area contributed by atoms with Crippen LogP contribution in [0.15, 0.2) is 54.6 Å². The third-order valence-electron chi connectivity index (χ3n) is 4.48. The van der Waals surface area contributed by atoms with Gasteiger partial charge in [-0.15, -0.1) is 0 Å². The van der Waals surface area contributed by atoms with Crippen molar-refractivity contribution in [1.82, 2.24) is 20.4 Å². The molecule has 1 heterocycles. The molecule has 0 radical (unpaired) electrons. The van der Waals surface area contributed by atoms with E-state index in [0.717, 1.165) is 22.6 Å². The van der Waals surface area contributed by atoms with Gasteiger partial charge in [0.15, 0.2) is 0 Å². The Morgan fingerprint density at radius 2 is 1.47 bits per heavy atom. The third kappa shape index (κ3) is 5.11. The van der Waals surface area contributed by atoms with Gasteiger partial charge in [-0.25, -0.2) is 4.68 Å². The Balaban J connectivity index is 1.57. The summed E-state index contributed by atoms with van der Waals surface area (Å²) in [6.07, 6.45) is 0. The maximum absolute atomic E-state index is 12.4. The van der Waals surface area contributed by atoms with Crippen LogP contribution in [0.25, 0.3) is 5.69 Å². The molecule has 154 valence electrons. The molecule has 30 heavy (non-hydrogen) atoms. The summed E-state index contributed by atoms with van der Waals surface area (Å²) in [7, 11) is 0. The minimum absolute atomic E-state index is 0.196. The molecule has 8 nitrogen and oxygen atoms in total. The highest BCUT2D eigenvalue weighted by molar-refractivity contribution is 5.96. The largest absolute Gasteiger partial charge is 0.368 e. The van der Waals surface area contributed by atoms with Crippen LogP contribution < -0.4 is 16.4 Å². The number of rotatable bonds is 7. The molecule has 0 saturated carbocycles. The molecule has 0 aliphatic rings. The Hall–Kier alpha value is -3.94. The first-order chi connectivity index (χ1) is 14.3. The Kier molecular flexibility index (Phi) is 6.26. The summed E-state index contributed by atoms with van der Waals surface area (Å²) in [5, 5.41) is 9.71. The van der Waals surface area contributed by atoms with Gasteiger partial charge in [-0.3, -0.25) is 14.4 Å². The van der Waals surface area contributed by atoms with Gasteiger partial charge in [0, 0.05) is 23.4 Å². The van der Waals surface area contributed by atoms with Crippen LogP contribution in [0.4, 0.5) is 0 Å². The lowest BCUT2D eigenvalue weighted by molar-refractivity contribution is -0.117. The zero-order chi connectivity index (χ0) is 21.7. The summed E-state index contributed by atoms with van der Waals surface area (Å²) in [4.78, 5) is 35.0. The minimum Gasteiger partial charge on any atom is -0.368 e. The number of amides is 3. The first-order valence-electron chi connectivity index (χ1n) is 9.41. The molecule has 1 aromatic heterocycles. The van der Waals surface area contributed by atoms with Crippen LogP contribution in [0.5, 0.6) is 0 Å². The highest BCUT2D eigenvalue weighted by Crippen LogP contribution is 2.13. The van der Waals surface area contributed by atoms with Crippen molar-refractivity contribution >= 4 is 17.7 Å². The molecule has 0 bridgehead atoms. The molecular formula is C22H23N5O3. The van der Waals surface area contributed by atoms with Gasteiger partial charge in [0.05, 0.1) is 17.9 Å². The number of benzene rings is 2. The first-order valence-corrected chi connectivity index (χ1v) is 9.41. The van der Waals surface area contributed by atoms with Gasteiger partial charge in [0.25, 0.3) is 11.8 Å². The standard InChI is InChI=1S/C22H23N5O3/c1-14-11-15(2)27(26-14)19-9-7-18(8-10-19)21(29)24-12-16-3-5-17(6-4-16)22(30)25-13-20(23)28/h3-11H,12-13H2,1-2H3,(H2,23,28)(H,24,29)(H,25,30). The lowest BCUT2D eigenvalue weighted by Gasteiger charge is -2.08. The number of carbonyl (C=O) groups is 3. The number of nitrogens with zero attached hydrogens (tertiary/aromatic N) is 2. The quantitative estimate of drug-likeness (QED) is 0.553. The van der Waals surface area contributed by atoms with Gasteiger partial charge in [-0.05, 0) is 61.9 Å². The van der Waals surface area contributed by atoms with Gasteiger partial charge in [-0.2, -0.15) is 5.10 Å². The van der Waals surface area contributed by atoms with E-state index >= 15 is 0 Å². The molecule has 4 N–H and O–H groups in total. The summed E-state index contributed by atoms with van der Waals surface area (Å²) in [6, 6.07) is 16.0. The molecule has 0 aliphatic carbocycles. The van der Waals surface area contributed by atoms with Crippen molar-refractivity contribution in [3.8, 4) is 5.69 Å². The van der Waals surface area contributed by atoms with E-state index in [1.807, 2.05) is 36.7 Å². The van der Waals surface area contributed by atoms with Crippen molar-refractivity contribution in [1.29, 1.82) is 0 Å². The average Bonchev–Trinajstić information content (AvgIpc) is 3.08. The van der Waals surface area contributed by atoms with Crippen molar-refractivity contribution < 1.29 is 14.4 Å². The van der Waals surface area contributed by atoms with E-state index in [1.165, 1.54) is 0 Å². The maximum atomic E-state index is 12.4. The van der Waals surface area contributed by atoms with E-state index in [0.29, 0.717) is 17.7 Å². The van der Waals surface area contributed by atoms with E-state index in [4.69, 9.17) is 5.73 Å². The first kappa shape index (κ1) is 20.8. The molecule has 0 atom stereocenters. The fourth-order valence-corrected chi connectivity index (χ4v) is 2.97. The second kappa shape index (κ2) is 9.04. The molecule has 2 aromatic carbocycles. The Morgan fingerprint density at radius 1 is 0.900 bits per heavy atom. The van der Waals surface area contributed by atoms with E-state index in [2.05, 4.69) is 15.7 Å². The van der Waals surface area contributed by atoms with E-state index in [-0.39, 0.29) is 18.4 Å². The van der Waals surface area contributed by atoms with Crippen LogP contribution in [0.1, 0.15) is 37.7 Å². The number of aromatic nitrogens is 2. The van der Waals surface area contributed by atoms with Crippen molar-refractivity contribution in [3.63, 3.8) is 0 Å². The molecule has 8 heteroatoms. The monoisotopic (exact) mass is 405 g/mol. The zero-order valence-corrected chi connectivity index (χ0v) is 16.8. The molecule has 3 aromatic rings. The van der Waals surface area contributed by atoms with E-state index < -0.39 is 5.91 Å². The number of aryl methyl sites for hydroxylation is 2. The van der Waals surface area contributed by atoms with E-state index in [1.54, 1.807) is 36.4 Å². The van der Waals surface area contributed by atoms with Crippen LogP contribution in [-0.4, -0.2) is 34.0 Å². The second-order valence-corrected chi connectivity index (χ2v) is 6.91. The fraction of sp³-hybridized carbons (Fsp3) is 0.182. The maximum Gasteiger partial charge on any atom is 0.251 e. The molecular weight excluding hydrogens is 382 g/mol. The molecule has 0 fully saturated rings. The Morgan fingerprint density at radius 3 is 2.00 bits per heavy atom. The van der Waals surface area contributed by atoms with Gasteiger partial charge < -0.3 is 16.4 Å². The van der Waals surface area contributed by atoms with Gasteiger partial charge in [0.1, 0.15) is 0 Å². The van der Waals surface area contributed by atoms with Gasteiger partial charge >= 0.3 is 0 Å². The van der Waals surface area contributed by atoms with Crippen LogP contribution in [0.2, 0.25) is 0 Å². The molecule has 3 rings (SSSR count). The lowest BCUT2D eigenvalue weighted by atomic mass is 10.1. The summed E-state index contributed by atoms with van der Waals surface area (Å²) in [6.45, 7) is 4.02. The molecule has 0 aliphatic heterocycles. The number of nitrogens with two attached hydrogens (primary N) is 1. The normalized spacial score (nSPS) is 10.5. The Labute approximate surface area is 174 Å². The van der Waals surface area contributed by atoms with Crippen LogP contribution in [0, 0.1) is 13.8 Å². The highest BCUT2D eigenvalue weighted by atomic mass is 16.2. The lowest BCUT2D eigenvalue weighted by Crippen LogP contribution is -2.33. The predicted octanol–water partition coefficient (Wildman–Crippen LogP) is 1.63. The van der Waals surface area contributed by atoms with Crippen molar-refractivity contribution in [2.45, 2.75) is 20.4 Å².